The fourth-order valence-corrected chi connectivity index (χ4v) is 1.89. The van der Waals surface area contributed by atoms with Crippen LogP contribution in [0.3, 0.4) is 0 Å². The molecule has 0 saturated heterocycles. The van der Waals surface area contributed by atoms with Crippen LogP contribution in [-0.2, 0) is 4.79 Å². The third kappa shape index (κ3) is 2.26. The number of hydrogen-bond acceptors (Lipinski definition) is 3. The van der Waals surface area contributed by atoms with Gasteiger partial charge in [-0.05, 0) is 43.5 Å². The van der Waals surface area contributed by atoms with Crippen LogP contribution in [-0.4, -0.2) is 19.6 Å². The lowest BCUT2D eigenvalue weighted by molar-refractivity contribution is -0.120. The largest absolute Gasteiger partial charge is 0.496 e. The first kappa shape index (κ1) is 11.9. The summed E-state index contributed by atoms with van der Waals surface area (Å²) >= 11 is 0. The molecule has 0 aliphatic heterocycles. The summed E-state index contributed by atoms with van der Waals surface area (Å²) in [6, 6.07) is 5.60. The molecule has 1 amide bonds. The minimum Gasteiger partial charge on any atom is -0.496 e. The van der Waals surface area contributed by atoms with Crippen LogP contribution in [0.2, 0.25) is 0 Å². The number of methoxy groups -OCH3 is 1. The fourth-order valence-electron chi connectivity index (χ4n) is 1.89. The SMILES string of the molecule is COc1ccc(NC(=O)C2(CN)CC2)cc1C. The lowest BCUT2D eigenvalue weighted by Gasteiger charge is -2.14. The van der Waals surface area contributed by atoms with Gasteiger partial charge in [0.2, 0.25) is 5.91 Å². The van der Waals surface area contributed by atoms with E-state index in [1.165, 1.54) is 0 Å². The molecule has 0 spiro atoms. The summed E-state index contributed by atoms with van der Waals surface area (Å²) < 4.78 is 5.17. The van der Waals surface area contributed by atoms with Gasteiger partial charge < -0.3 is 15.8 Å². The van der Waals surface area contributed by atoms with Crippen molar-refractivity contribution in [2.45, 2.75) is 19.8 Å². The number of carbonyl (C=O) groups is 1. The molecule has 0 radical (unpaired) electrons. The average molecular weight is 234 g/mol. The maximum atomic E-state index is 12.0. The Morgan fingerprint density at radius 3 is 2.71 bits per heavy atom. The molecule has 1 aliphatic rings. The smallest absolute Gasteiger partial charge is 0.231 e. The first-order valence-corrected chi connectivity index (χ1v) is 5.77. The second-order valence-electron chi connectivity index (χ2n) is 4.62. The van der Waals surface area contributed by atoms with Crippen LogP contribution < -0.4 is 15.8 Å². The number of rotatable bonds is 4. The molecule has 0 unspecified atom stereocenters. The molecule has 1 aliphatic carbocycles. The Balaban J connectivity index is 2.09. The van der Waals surface area contributed by atoms with Crippen LogP contribution in [0.5, 0.6) is 5.75 Å². The normalized spacial score (nSPS) is 16.4. The van der Waals surface area contributed by atoms with E-state index in [0.29, 0.717) is 6.54 Å². The topological polar surface area (TPSA) is 64.3 Å². The van der Waals surface area contributed by atoms with E-state index in [9.17, 15) is 4.79 Å². The number of hydrogen-bond donors (Lipinski definition) is 2. The Morgan fingerprint density at radius 1 is 1.53 bits per heavy atom. The van der Waals surface area contributed by atoms with Gasteiger partial charge in [0.05, 0.1) is 12.5 Å². The van der Waals surface area contributed by atoms with E-state index in [4.69, 9.17) is 10.5 Å². The molecule has 3 N–H and O–H groups in total. The van der Waals surface area contributed by atoms with Gasteiger partial charge in [-0.15, -0.1) is 0 Å². The highest BCUT2D eigenvalue weighted by atomic mass is 16.5. The molecule has 1 aromatic carbocycles. The summed E-state index contributed by atoms with van der Waals surface area (Å²) in [4.78, 5) is 12.0. The minimum atomic E-state index is -0.312. The molecule has 0 atom stereocenters. The van der Waals surface area contributed by atoms with Crippen LogP contribution in [0.4, 0.5) is 5.69 Å². The molecular weight excluding hydrogens is 216 g/mol. The van der Waals surface area contributed by atoms with Gasteiger partial charge in [0.25, 0.3) is 0 Å². The molecule has 1 saturated carbocycles. The molecule has 1 fully saturated rings. The van der Waals surface area contributed by atoms with Crippen molar-refractivity contribution < 1.29 is 9.53 Å². The Bertz CT molecular complexity index is 439. The van der Waals surface area contributed by atoms with Crippen LogP contribution in [0.25, 0.3) is 0 Å². The second-order valence-corrected chi connectivity index (χ2v) is 4.62. The van der Waals surface area contributed by atoms with Gasteiger partial charge in [0.15, 0.2) is 0 Å². The Morgan fingerprint density at radius 2 is 2.24 bits per heavy atom. The first-order valence-electron chi connectivity index (χ1n) is 5.77. The predicted molar refractivity (Wildman–Crippen MR) is 67.1 cm³/mol. The number of aryl methyl sites for hydroxylation is 1. The van der Waals surface area contributed by atoms with Gasteiger partial charge in [-0.3, -0.25) is 4.79 Å². The van der Waals surface area contributed by atoms with Gasteiger partial charge >= 0.3 is 0 Å². The summed E-state index contributed by atoms with van der Waals surface area (Å²) in [6.07, 6.45) is 1.79. The van der Waals surface area contributed by atoms with Crippen LogP contribution in [0.1, 0.15) is 18.4 Å². The van der Waals surface area contributed by atoms with Crippen molar-refractivity contribution in [1.29, 1.82) is 0 Å². The highest BCUT2D eigenvalue weighted by molar-refractivity contribution is 5.97. The van der Waals surface area contributed by atoms with Crippen LogP contribution >= 0.6 is 0 Å². The van der Waals surface area contributed by atoms with E-state index < -0.39 is 0 Å². The number of nitrogens with one attached hydrogen (secondary N) is 1. The number of carbonyl (C=O) groups excluding carboxylic acids is 1. The van der Waals surface area contributed by atoms with Gasteiger partial charge in [0.1, 0.15) is 5.75 Å². The second kappa shape index (κ2) is 4.37. The molecular formula is C13H18N2O2. The maximum Gasteiger partial charge on any atom is 0.231 e. The van der Waals surface area contributed by atoms with E-state index in [2.05, 4.69) is 5.32 Å². The van der Waals surface area contributed by atoms with Gasteiger partial charge in [-0.2, -0.15) is 0 Å². The highest BCUT2D eigenvalue weighted by Gasteiger charge is 2.48. The van der Waals surface area contributed by atoms with Crippen molar-refractivity contribution in [2.24, 2.45) is 11.1 Å². The van der Waals surface area contributed by atoms with Crippen molar-refractivity contribution in [3.05, 3.63) is 23.8 Å². The fraction of sp³-hybridized carbons (Fsp3) is 0.462. The average Bonchev–Trinajstić information content (AvgIpc) is 3.10. The van der Waals surface area contributed by atoms with Crippen LogP contribution in [0, 0.1) is 12.3 Å². The molecule has 4 heteroatoms. The van der Waals surface area contributed by atoms with Crippen molar-refractivity contribution in [3.8, 4) is 5.75 Å². The number of ether oxygens (including phenoxy) is 1. The maximum absolute atomic E-state index is 12.0. The van der Waals surface area contributed by atoms with E-state index in [-0.39, 0.29) is 11.3 Å². The van der Waals surface area contributed by atoms with E-state index in [1.807, 2.05) is 25.1 Å². The molecule has 0 aromatic heterocycles. The molecule has 0 heterocycles. The summed E-state index contributed by atoms with van der Waals surface area (Å²) in [5.74, 6) is 0.854. The van der Waals surface area contributed by atoms with Crippen molar-refractivity contribution in [3.63, 3.8) is 0 Å². The Hall–Kier alpha value is -1.55. The minimum absolute atomic E-state index is 0.0320. The molecule has 4 nitrogen and oxygen atoms in total. The van der Waals surface area contributed by atoms with Crippen molar-refractivity contribution >= 4 is 11.6 Å². The molecule has 1 aromatic rings. The Kier molecular flexibility index (Phi) is 3.07. The zero-order chi connectivity index (χ0) is 12.5. The molecule has 2 rings (SSSR count). The van der Waals surface area contributed by atoms with Gasteiger partial charge in [-0.25, -0.2) is 0 Å². The highest BCUT2D eigenvalue weighted by Crippen LogP contribution is 2.45. The molecule has 0 bridgehead atoms. The summed E-state index contributed by atoms with van der Waals surface area (Å²) in [6.45, 7) is 2.37. The lowest BCUT2D eigenvalue weighted by atomic mass is 10.1. The van der Waals surface area contributed by atoms with E-state index in [1.54, 1.807) is 7.11 Å². The van der Waals surface area contributed by atoms with E-state index >= 15 is 0 Å². The molecule has 92 valence electrons. The Labute approximate surface area is 101 Å². The van der Waals surface area contributed by atoms with Crippen molar-refractivity contribution in [1.82, 2.24) is 0 Å². The number of nitrogens with two attached hydrogens (primary N) is 1. The summed E-state index contributed by atoms with van der Waals surface area (Å²) in [5.41, 5.74) is 7.11. The molecule has 17 heavy (non-hydrogen) atoms. The zero-order valence-electron chi connectivity index (χ0n) is 10.2. The first-order chi connectivity index (χ1) is 8.11. The number of anilines is 1. The third-order valence-electron chi connectivity index (χ3n) is 3.38. The van der Waals surface area contributed by atoms with Crippen LogP contribution in [0.15, 0.2) is 18.2 Å². The van der Waals surface area contributed by atoms with Gasteiger partial charge in [0, 0.05) is 12.2 Å². The predicted octanol–water partition coefficient (Wildman–Crippen LogP) is 1.68. The van der Waals surface area contributed by atoms with E-state index in [0.717, 1.165) is 29.8 Å². The monoisotopic (exact) mass is 234 g/mol. The lowest BCUT2D eigenvalue weighted by Crippen LogP contribution is -2.30. The number of amides is 1. The zero-order valence-corrected chi connectivity index (χ0v) is 10.2. The number of benzene rings is 1. The van der Waals surface area contributed by atoms with Crippen molar-refractivity contribution in [2.75, 3.05) is 19.0 Å². The third-order valence-corrected chi connectivity index (χ3v) is 3.38. The summed E-state index contributed by atoms with van der Waals surface area (Å²) in [7, 11) is 1.63. The summed E-state index contributed by atoms with van der Waals surface area (Å²) in [5, 5.41) is 2.91. The quantitative estimate of drug-likeness (QED) is 0.833. The standard InChI is InChI=1S/C13H18N2O2/c1-9-7-10(3-4-11(9)17-2)15-12(16)13(8-14)5-6-13/h3-4,7H,5-6,8,14H2,1-2H3,(H,15,16). The van der Waals surface area contributed by atoms with Gasteiger partial charge in [-0.1, -0.05) is 0 Å².